The van der Waals surface area contributed by atoms with Crippen molar-refractivity contribution in [2.24, 2.45) is 0 Å². The molecule has 0 aliphatic carbocycles. The van der Waals surface area contributed by atoms with E-state index < -0.39 is 6.10 Å². The Balaban J connectivity index is 2.12. The van der Waals surface area contributed by atoms with E-state index in [1.807, 2.05) is 12.3 Å². The summed E-state index contributed by atoms with van der Waals surface area (Å²) in [5.74, 6) is -0.324. The minimum Gasteiger partial charge on any atom is -0.391 e. The minimum absolute atomic E-state index is 0.159. The zero-order chi connectivity index (χ0) is 14.1. The van der Waals surface area contributed by atoms with E-state index in [0.29, 0.717) is 17.8 Å². The van der Waals surface area contributed by atoms with Crippen LogP contribution in [-0.4, -0.2) is 36.1 Å². The van der Waals surface area contributed by atoms with Crippen molar-refractivity contribution in [2.75, 3.05) is 13.1 Å². The van der Waals surface area contributed by atoms with Gasteiger partial charge in [0.1, 0.15) is 0 Å². The molecule has 0 radical (unpaired) electrons. The van der Waals surface area contributed by atoms with Crippen LogP contribution in [0.2, 0.25) is 0 Å². The first-order valence-electron chi connectivity index (χ1n) is 6.40. The van der Waals surface area contributed by atoms with Crippen molar-refractivity contribution in [1.29, 1.82) is 0 Å². The lowest BCUT2D eigenvalue weighted by molar-refractivity contribution is -0.121. The van der Waals surface area contributed by atoms with Crippen molar-refractivity contribution >= 4 is 23.2 Å². The highest BCUT2D eigenvalue weighted by Gasteiger charge is 2.08. The van der Waals surface area contributed by atoms with Crippen LogP contribution in [0.4, 0.5) is 0 Å². The highest BCUT2D eigenvalue weighted by Crippen LogP contribution is 2.07. The van der Waals surface area contributed by atoms with Crippen LogP contribution in [0.1, 0.15) is 35.9 Å². The maximum absolute atomic E-state index is 11.6. The predicted molar refractivity (Wildman–Crippen MR) is 75.2 cm³/mol. The highest BCUT2D eigenvalue weighted by molar-refractivity contribution is 7.12. The topological polar surface area (TPSA) is 78.4 Å². The number of rotatable bonds is 8. The van der Waals surface area contributed by atoms with Crippen LogP contribution in [-0.2, 0) is 4.79 Å². The maximum atomic E-state index is 11.6. The second-order valence-corrected chi connectivity index (χ2v) is 5.18. The molecule has 0 aromatic carbocycles. The molecule has 1 unspecified atom stereocenters. The Morgan fingerprint density at radius 3 is 2.84 bits per heavy atom. The number of hydrogen-bond acceptors (Lipinski definition) is 4. The molecule has 0 saturated heterocycles. The first-order chi connectivity index (χ1) is 9.13. The summed E-state index contributed by atoms with van der Waals surface area (Å²) in [4.78, 5) is 23.7. The van der Waals surface area contributed by atoms with Gasteiger partial charge in [-0.25, -0.2) is 0 Å². The molecule has 3 N–H and O–H groups in total. The molecule has 0 spiro atoms. The number of aliphatic hydroxyl groups is 1. The largest absolute Gasteiger partial charge is 0.391 e. The summed E-state index contributed by atoms with van der Waals surface area (Å²) in [6.45, 7) is 2.54. The van der Waals surface area contributed by atoms with Crippen LogP contribution in [0, 0.1) is 0 Å². The Labute approximate surface area is 117 Å². The lowest BCUT2D eigenvalue weighted by Crippen LogP contribution is -2.34. The van der Waals surface area contributed by atoms with E-state index in [9.17, 15) is 14.7 Å². The third kappa shape index (κ3) is 6.35. The molecule has 0 saturated carbocycles. The number of thiophene rings is 1. The summed E-state index contributed by atoms with van der Waals surface area (Å²) in [6.07, 6.45) is 1.29. The lowest BCUT2D eigenvalue weighted by Gasteiger charge is -2.10. The van der Waals surface area contributed by atoms with Crippen LogP contribution in [0.25, 0.3) is 0 Å². The van der Waals surface area contributed by atoms with Crippen molar-refractivity contribution in [1.82, 2.24) is 10.6 Å². The van der Waals surface area contributed by atoms with Gasteiger partial charge in [-0.3, -0.25) is 9.59 Å². The molecule has 1 aromatic rings. The standard InChI is InChI=1S/C13H20N2O3S/c1-2-4-10(16)9-15-12(17)6-7-14-13(18)11-5-3-8-19-11/h3,5,8,10,16H,2,4,6-7,9H2,1H3,(H,14,18)(H,15,17). The molecule has 1 atom stereocenters. The Hall–Kier alpha value is -1.40. The molecular formula is C13H20N2O3S. The van der Waals surface area contributed by atoms with Crippen molar-refractivity contribution in [3.05, 3.63) is 22.4 Å². The SMILES string of the molecule is CCCC(O)CNC(=O)CCNC(=O)c1cccs1. The highest BCUT2D eigenvalue weighted by atomic mass is 32.1. The van der Waals surface area contributed by atoms with Gasteiger partial charge in [0, 0.05) is 19.5 Å². The van der Waals surface area contributed by atoms with E-state index in [1.54, 1.807) is 12.1 Å². The van der Waals surface area contributed by atoms with Crippen LogP contribution < -0.4 is 10.6 Å². The number of carbonyl (C=O) groups is 2. The van der Waals surface area contributed by atoms with E-state index >= 15 is 0 Å². The fraction of sp³-hybridized carbons (Fsp3) is 0.538. The maximum Gasteiger partial charge on any atom is 0.261 e. The van der Waals surface area contributed by atoms with Gasteiger partial charge in [-0.05, 0) is 17.9 Å². The zero-order valence-electron chi connectivity index (χ0n) is 11.0. The van der Waals surface area contributed by atoms with Crippen LogP contribution >= 0.6 is 11.3 Å². The quantitative estimate of drug-likeness (QED) is 0.670. The molecule has 2 amide bonds. The van der Waals surface area contributed by atoms with Crippen molar-refractivity contribution in [3.63, 3.8) is 0 Å². The van der Waals surface area contributed by atoms with Crippen LogP contribution in [0.5, 0.6) is 0 Å². The average molecular weight is 284 g/mol. The van der Waals surface area contributed by atoms with Gasteiger partial charge < -0.3 is 15.7 Å². The smallest absolute Gasteiger partial charge is 0.261 e. The Kier molecular flexibility index (Phi) is 7.14. The molecule has 1 aromatic heterocycles. The number of aliphatic hydroxyl groups excluding tert-OH is 1. The third-order valence-corrected chi connectivity index (χ3v) is 3.41. The Morgan fingerprint density at radius 2 is 2.21 bits per heavy atom. The molecule has 6 heteroatoms. The Morgan fingerprint density at radius 1 is 1.42 bits per heavy atom. The molecule has 0 fully saturated rings. The Bertz CT molecular complexity index is 393. The summed E-state index contributed by atoms with van der Waals surface area (Å²) in [5.41, 5.74) is 0. The summed E-state index contributed by atoms with van der Waals surface area (Å²) in [7, 11) is 0. The molecular weight excluding hydrogens is 264 g/mol. The van der Waals surface area contributed by atoms with Gasteiger partial charge in [-0.2, -0.15) is 0 Å². The second-order valence-electron chi connectivity index (χ2n) is 4.23. The van der Waals surface area contributed by atoms with Gasteiger partial charge in [0.15, 0.2) is 0 Å². The van der Waals surface area contributed by atoms with E-state index in [-0.39, 0.29) is 24.8 Å². The number of nitrogens with one attached hydrogen (secondary N) is 2. The van der Waals surface area contributed by atoms with Gasteiger partial charge in [-0.15, -0.1) is 11.3 Å². The molecule has 106 valence electrons. The van der Waals surface area contributed by atoms with Gasteiger partial charge in [0.05, 0.1) is 11.0 Å². The van der Waals surface area contributed by atoms with Gasteiger partial charge in [-0.1, -0.05) is 19.4 Å². The fourth-order valence-corrected chi connectivity index (χ4v) is 2.18. The summed E-state index contributed by atoms with van der Waals surface area (Å²) in [6, 6.07) is 3.54. The number of carbonyl (C=O) groups excluding carboxylic acids is 2. The number of amides is 2. The van der Waals surface area contributed by atoms with Crippen molar-refractivity contribution in [2.45, 2.75) is 32.3 Å². The van der Waals surface area contributed by atoms with Gasteiger partial charge >= 0.3 is 0 Å². The summed E-state index contributed by atoms with van der Waals surface area (Å²) >= 11 is 1.36. The summed E-state index contributed by atoms with van der Waals surface area (Å²) in [5, 5.41) is 16.6. The van der Waals surface area contributed by atoms with Gasteiger partial charge in [0.2, 0.25) is 5.91 Å². The van der Waals surface area contributed by atoms with Crippen LogP contribution in [0.15, 0.2) is 17.5 Å². The molecule has 0 bridgehead atoms. The summed E-state index contributed by atoms with van der Waals surface area (Å²) < 4.78 is 0. The minimum atomic E-state index is -0.491. The molecule has 0 aliphatic rings. The molecule has 0 aliphatic heterocycles. The first-order valence-corrected chi connectivity index (χ1v) is 7.28. The fourth-order valence-electron chi connectivity index (χ4n) is 1.54. The van der Waals surface area contributed by atoms with E-state index in [1.165, 1.54) is 11.3 Å². The third-order valence-electron chi connectivity index (χ3n) is 2.54. The second kappa shape index (κ2) is 8.66. The predicted octanol–water partition coefficient (Wildman–Crippen LogP) is 1.15. The van der Waals surface area contributed by atoms with E-state index in [2.05, 4.69) is 10.6 Å². The molecule has 1 heterocycles. The first kappa shape index (κ1) is 15.7. The molecule has 1 rings (SSSR count). The van der Waals surface area contributed by atoms with Crippen molar-refractivity contribution < 1.29 is 14.7 Å². The van der Waals surface area contributed by atoms with Gasteiger partial charge in [0.25, 0.3) is 5.91 Å². The van der Waals surface area contributed by atoms with E-state index in [0.717, 1.165) is 6.42 Å². The van der Waals surface area contributed by atoms with Crippen LogP contribution in [0.3, 0.4) is 0 Å². The molecule has 19 heavy (non-hydrogen) atoms. The number of hydrogen-bond donors (Lipinski definition) is 3. The average Bonchev–Trinajstić information content (AvgIpc) is 2.90. The molecule has 5 nitrogen and oxygen atoms in total. The van der Waals surface area contributed by atoms with Crippen molar-refractivity contribution in [3.8, 4) is 0 Å². The monoisotopic (exact) mass is 284 g/mol. The normalized spacial score (nSPS) is 11.9. The van der Waals surface area contributed by atoms with E-state index in [4.69, 9.17) is 0 Å². The zero-order valence-corrected chi connectivity index (χ0v) is 11.8. The lowest BCUT2D eigenvalue weighted by atomic mass is 10.2.